The van der Waals surface area contributed by atoms with Gasteiger partial charge in [-0.25, -0.2) is 13.1 Å². The molecule has 0 saturated carbocycles. The molecular weight excluding hydrogens is 354 g/mol. The van der Waals surface area contributed by atoms with Gasteiger partial charge in [0, 0.05) is 10.0 Å². The van der Waals surface area contributed by atoms with Gasteiger partial charge in [0.2, 0.25) is 10.0 Å². The summed E-state index contributed by atoms with van der Waals surface area (Å²) >= 11 is 3.31. The molecule has 0 aliphatic carbocycles. The molecule has 21 heavy (non-hydrogen) atoms. The molecule has 110 valence electrons. The van der Waals surface area contributed by atoms with E-state index in [0.29, 0.717) is 11.1 Å². The summed E-state index contributed by atoms with van der Waals surface area (Å²) < 4.78 is 33.8. The van der Waals surface area contributed by atoms with Crippen LogP contribution in [0.1, 0.15) is 17.2 Å². The number of hydrogen-bond acceptors (Lipinski definition) is 3. The molecule has 1 heterocycles. The Hall–Kier alpha value is -1.37. The SMILES string of the molecule is Cc1ccc(S(=O)(=O)NC2COc3ccccc32)c(Br)c1. The van der Waals surface area contributed by atoms with E-state index >= 15 is 0 Å². The molecule has 2 aromatic carbocycles. The average Bonchev–Trinajstić information content (AvgIpc) is 2.81. The van der Waals surface area contributed by atoms with Gasteiger partial charge in [-0.2, -0.15) is 0 Å². The lowest BCUT2D eigenvalue weighted by Gasteiger charge is -2.13. The largest absolute Gasteiger partial charge is 0.491 e. The van der Waals surface area contributed by atoms with Crippen LogP contribution in [0.2, 0.25) is 0 Å². The Kier molecular flexibility index (Phi) is 3.77. The third-order valence-corrected chi connectivity index (χ3v) is 5.82. The van der Waals surface area contributed by atoms with Crippen LogP contribution in [0.3, 0.4) is 0 Å². The molecule has 0 amide bonds. The van der Waals surface area contributed by atoms with Crippen molar-refractivity contribution in [2.45, 2.75) is 17.9 Å². The van der Waals surface area contributed by atoms with Crippen LogP contribution >= 0.6 is 15.9 Å². The van der Waals surface area contributed by atoms with E-state index in [1.807, 2.05) is 31.2 Å². The van der Waals surface area contributed by atoms with E-state index in [1.54, 1.807) is 18.2 Å². The van der Waals surface area contributed by atoms with Crippen molar-refractivity contribution in [3.8, 4) is 5.75 Å². The van der Waals surface area contributed by atoms with E-state index in [2.05, 4.69) is 20.7 Å². The number of hydrogen-bond donors (Lipinski definition) is 1. The zero-order chi connectivity index (χ0) is 15.0. The first-order valence-electron chi connectivity index (χ1n) is 6.47. The lowest BCUT2D eigenvalue weighted by molar-refractivity contribution is 0.325. The molecule has 1 aliphatic heterocycles. The molecule has 0 spiro atoms. The zero-order valence-electron chi connectivity index (χ0n) is 11.3. The fraction of sp³-hybridized carbons (Fsp3) is 0.200. The van der Waals surface area contributed by atoms with E-state index in [9.17, 15) is 8.42 Å². The topological polar surface area (TPSA) is 55.4 Å². The normalized spacial score (nSPS) is 17.3. The molecule has 0 bridgehead atoms. The molecule has 1 aliphatic rings. The van der Waals surface area contributed by atoms with Crippen molar-refractivity contribution in [3.05, 3.63) is 58.1 Å². The van der Waals surface area contributed by atoms with Crippen LogP contribution in [-0.4, -0.2) is 15.0 Å². The summed E-state index contributed by atoms with van der Waals surface area (Å²) in [5.74, 6) is 0.730. The molecule has 4 nitrogen and oxygen atoms in total. The van der Waals surface area contributed by atoms with Crippen molar-refractivity contribution in [2.24, 2.45) is 0 Å². The van der Waals surface area contributed by atoms with Crippen molar-refractivity contribution >= 4 is 26.0 Å². The number of benzene rings is 2. The van der Waals surface area contributed by atoms with Gasteiger partial charge in [0.25, 0.3) is 0 Å². The third kappa shape index (κ3) is 2.84. The Morgan fingerprint density at radius 1 is 1.24 bits per heavy atom. The Bertz CT molecular complexity index is 789. The fourth-order valence-electron chi connectivity index (χ4n) is 2.33. The fourth-order valence-corrected chi connectivity index (χ4v) is 4.73. The number of aryl methyl sites for hydroxylation is 1. The van der Waals surface area contributed by atoms with E-state index < -0.39 is 10.0 Å². The molecule has 0 radical (unpaired) electrons. The van der Waals surface area contributed by atoms with Crippen molar-refractivity contribution in [1.29, 1.82) is 0 Å². The molecule has 1 N–H and O–H groups in total. The van der Waals surface area contributed by atoms with Crippen LogP contribution in [0.15, 0.2) is 51.8 Å². The average molecular weight is 368 g/mol. The number of para-hydroxylation sites is 1. The number of rotatable bonds is 3. The van der Waals surface area contributed by atoms with Crippen molar-refractivity contribution in [1.82, 2.24) is 4.72 Å². The lowest BCUT2D eigenvalue weighted by atomic mass is 10.1. The predicted octanol–water partition coefficient (Wildman–Crippen LogP) is 3.17. The maximum Gasteiger partial charge on any atom is 0.242 e. The summed E-state index contributed by atoms with van der Waals surface area (Å²) in [6.45, 7) is 2.22. The minimum atomic E-state index is -3.61. The second kappa shape index (κ2) is 5.44. The van der Waals surface area contributed by atoms with E-state index in [0.717, 1.165) is 16.9 Å². The summed E-state index contributed by atoms with van der Waals surface area (Å²) in [6.07, 6.45) is 0. The molecule has 3 rings (SSSR count). The molecular formula is C15H14BrNO3S. The Balaban J connectivity index is 1.91. The maximum absolute atomic E-state index is 12.5. The van der Waals surface area contributed by atoms with Gasteiger partial charge in [-0.15, -0.1) is 0 Å². The van der Waals surface area contributed by atoms with E-state index in [-0.39, 0.29) is 10.9 Å². The van der Waals surface area contributed by atoms with Crippen LogP contribution < -0.4 is 9.46 Å². The molecule has 6 heteroatoms. The van der Waals surface area contributed by atoms with Crippen LogP contribution in [0.4, 0.5) is 0 Å². The Labute approximate surface area is 132 Å². The summed E-state index contributed by atoms with van der Waals surface area (Å²) in [5, 5.41) is 0. The highest BCUT2D eigenvalue weighted by molar-refractivity contribution is 9.10. The number of sulfonamides is 1. The number of nitrogens with one attached hydrogen (secondary N) is 1. The van der Waals surface area contributed by atoms with Gasteiger partial charge in [0.05, 0.1) is 10.9 Å². The van der Waals surface area contributed by atoms with E-state index in [1.165, 1.54) is 0 Å². The highest BCUT2D eigenvalue weighted by atomic mass is 79.9. The summed E-state index contributed by atoms with van der Waals surface area (Å²) in [7, 11) is -3.61. The van der Waals surface area contributed by atoms with Crippen LogP contribution in [0.5, 0.6) is 5.75 Å². The quantitative estimate of drug-likeness (QED) is 0.906. The van der Waals surface area contributed by atoms with Gasteiger partial charge >= 0.3 is 0 Å². The Morgan fingerprint density at radius 2 is 2.00 bits per heavy atom. The number of halogens is 1. The molecule has 0 fully saturated rings. The summed E-state index contributed by atoms with van der Waals surface area (Å²) in [5.41, 5.74) is 1.86. The number of fused-ring (bicyclic) bond motifs is 1. The van der Waals surface area contributed by atoms with Gasteiger partial charge < -0.3 is 4.74 Å². The third-order valence-electron chi connectivity index (χ3n) is 3.37. The maximum atomic E-state index is 12.5. The van der Waals surface area contributed by atoms with Crippen molar-refractivity contribution in [2.75, 3.05) is 6.61 Å². The standard InChI is InChI=1S/C15H14BrNO3S/c1-10-6-7-15(12(16)8-10)21(18,19)17-13-9-20-14-5-3-2-4-11(13)14/h2-8,13,17H,9H2,1H3. The summed E-state index contributed by atoms with van der Waals surface area (Å²) in [4.78, 5) is 0.234. The minimum absolute atomic E-state index is 0.234. The molecule has 1 atom stereocenters. The van der Waals surface area contributed by atoms with Gasteiger partial charge in [-0.3, -0.25) is 0 Å². The zero-order valence-corrected chi connectivity index (χ0v) is 13.7. The highest BCUT2D eigenvalue weighted by Crippen LogP contribution is 2.33. The predicted molar refractivity (Wildman–Crippen MR) is 83.9 cm³/mol. The van der Waals surface area contributed by atoms with Gasteiger partial charge in [0.1, 0.15) is 12.4 Å². The molecule has 0 aromatic heterocycles. The van der Waals surface area contributed by atoms with Crippen LogP contribution in [0, 0.1) is 6.92 Å². The van der Waals surface area contributed by atoms with Gasteiger partial charge in [-0.05, 0) is 46.6 Å². The van der Waals surface area contributed by atoms with Crippen LogP contribution in [-0.2, 0) is 10.0 Å². The summed E-state index contributed by atoms with van der Waals surface area (Å²) in [6, 6.07) is 12.3. The molecule has 0 saturated heterocycles. The number of ether oxygens (including phenoxy) is 1. The highest BCUT2D eigenvalue weighted by Gasteiger charge is 2.29. The van der Waals surface area contributed by atoms with E-state index in [4.69, 9.17) is 4.74 Å². The minimum Gasteiger partial charge on any atom is -0.491 e. The van der Waals surface area contributed by atoms with Gasteiger partial charge in [-0.1, -0.05) is 24.3 Å². The smallest absolute Gasteiger partial charge is 0.242 e. The molecule has 1 unspecified atom stereocenters. The second-order valence-electron chi connectivity index (χ2n) is 4.96. The first-order valence-corrected chi connectivity index (χ1v) is 8.75. The lowest BCUT2D eigenvalue weighted by Crippen LogP contribution is -2.29. The second-order valence-corrected chi connectivity index (χ2v) is 7.49. The van der Waals surface area contributed by atoms with Crippen molar-refractivity contribution in [3.63, 3.8) is 0 Å². The van der Waals surface area contributed by atoms with Crippen molar-refractivity contribution < 1.29 is 13.2 Å². The monoisotopic (exact) mass is 367 g/mol. The first kappa shape index (κ1) is 14.6. The molecule has 2 aromatic rings. The van der Waals surface area contributed by atoms with Crippen LogP contribution in [0.25, 0.3) is 0 Å². The first-order chi connectivity index (χ1) is 9.97. The Morgan fingerprint density at radius 3 is 2.76 bits per heavy atom. The van der Waals surface area contributed by atoms with Gasteiger partial charge in [0.15, 0.2) is 0 Å².